The number of ether oxygens (including phenoxy) is 1. The molecule has 0 bridgehead atoms. The minimum Gasteiger partial charge on any atom is -0.497 e. The second-order valence-corrected chi connectivity index (χ2v) is 7.19. The van der Waals surface area contributed by atoms with Crippen LogP contribution in [0.2, 0.25) is 0 Å². The van der Waals surface area contributed by atoms with Crippen molar-refractivity contribution >= 4 is 27.5 Å². The van der Waals surface area contributed by atoms with Gasteiger partial charge in [0.05, 0.1) is 24.7 Å². The highest BCUT2D eigenvalue weighted by molar-refractivity contribution is 9.10. The van der Waals surface area contributed by atoms with Gasteiger partial charge in [0.25, 0.3) is 5.91 Å². The first-order valence-corrected chi connectivity index (χ1v) is 9.66. The fourth-order valence-electron chi connectivity index (χ4n) is 2.90. The van der Waals surface area contributed by atoms with E-state index in [-0.39, 0.29) is 5.91 Å². The first kappa shape index (κ1) is 18.9. The van der Waals surface area contributed by atoms with Crippen molar-refractivity contribution in [1.29, 1.82) is 0 Å². The fourth-order valence-corrected chi connectivity index (χ4v) is 3.17. The lowest BCUT2D eigenvalue weighted by Gasteiger charge is -2.09. The number of hydrogen-bond donors (Lipinski definition) is 1. The molecule has 3 aromatic carbocycles. The van der Waals surface area contributed by atoms with Crippen LogP contribution in [0.1, 0.15) is 10.4 Å². The fraction of sp³-hybridized carbons (Fsp3) is 0.0455. The first-order chi connectivity index (χ1) is 14.1. The third-order valence-electron chi connectivity index (χ3n) is 4.39. The Labute approximate surface area is 176 Å². The van der Waals surface area contributed by atoms with Gasteiger partial charge < -0.3 is 10.1 Å². The maximum Gasteiger partial charge on any atom is 0.255 e. The van der Waals surface area contributed by atoms with Crippen LogP contribution in [0.3, 0.4) is 0 Å². The Morgan fingerprint density at radius 3 is 2.52 bits per heavy atom. The van der Waals surface area contributed by atoms with Crippen LogP contribution in [0.5, 0.6) is 5.75 Å². The first-order valence-electron chi connectivity index (χ1n) is 8.86. The van der Waals surface area contributed by atoms with Crippen LogP contribution in [-0.2, 0) is 0 Å². The van der Waals surface area contributed by atoms with Crippen LogP contribution in [0, 0.1) is 0 Å². The molecule has 4 aromatic rings. The molecule has 0 fully saturated rings. The molecule has 0 radical (unpaired) electrons. The Bertz CT molecular complexity index is 1140. The van der Waals surface area contributed by atoms with E-state index in [2.05, 4.69) is 31.6 Å². The quantitative estimate of drug-likeness (QED) is 0.468. The molecule has 1 aromatic heterocycles. The summed E-state index contributed by atoms with van der Waals surface area (Å²) in [6.07, 6.45) is 1.71. The van der Waals surface area contributed by atoms with Crippen LogP contribution in [-0.4, -0.2) is 28.0 Å². The second kappa shape index (κ2) is 8.28. The van der Waals surface area contributed by atoms with Gasteiger partial charge in [-0.05, 0) is 48.5 Å². The van der Waals surface area contributed by atoms with Gasteiger partial charge in [0.15, 0.2) is 0 Å². The molecule has 0 aliphatic carbocycles. The molecular weight excluding hydrogens is 432 g/mol. The van der Waals surface area contributed by atoms with Crippen molar-refractivity contribution in [2.24, 2.45) is 0 Å². The monoisotopic (exact) mass is 448 g/mol. The molecule has 4 rings (SSSR count). The summed E-state index contributed by atoms with van der Waals surface area (Å²) in [7, 11) is 1.59. The standard InChI is InChI=1S/C22H17BrN4O2/c1-29-20-4-2-3-18(13-20)25-22(28)16-7-11-19(12-8-16)27-21(14-24-26-27)15-5-9-17(23)10-6-15/h2-14H,1H3,(H,25,28). The zero-order chi connectivity index (χ0) is 20.2. The molecule has 0 saturated carbocycles. The Balaban J connectivity index is 1.55. The SMILES string of the molecule is COc1cccc(NC(=O)c2ccc(-n3nncc3-c3ccc(Br)cc3)cc2)c1. The van der Waals surface area contributed by atoms with Gasteiger partial charge in [-0.3, -0.25) is 4.79 Å². The van der Waals surface area contributed by atoms with Gasteiger partial charge in [0.1, 0.15) is 5.75 Å². The number of carbonyl (C=O) groups excluding carboxylic acids is 1. The zero-order valence-corrected chi connectivity index (χ0v) is 17.1. The van der Waals surface area contributed by atoms with E-state index in [1.54, 1.807) is 36.2 Å². The third-order valence-corrected chi connectivity index (χ3v) is 4.92. The van der Waals surface area contributed by atoms with E-state index in [9.17, 15) is 4.79 Å². The molecule has 0 atom stereocenters. The smallest absolute Gasteiger partial charge is 0.255 e. The van der Waals surface area contributed by atoms with Crippen LogP contribution >= 0.6 is 15.9 Å². The Kier molecular flexibility index (Phi) is 5.39. The molecule has 1 N–H and O–H groups in total. The predicted molar refractivity (Wildman–Crippen MR) is 115 cm³/mol. The Morgan fingerprint density at radius 1 is 1.03 bits per heavy atom. The number of aromatic nitrogens is 3. The largest absolute Gasteiger partial charge is 0.497 e. The molecule has 0 aliphatic rings. The highest BCUT2D eigenvalue weighted by Gasteiger charge is 2.11. The zero-order valence-electron chi connectivity index (χ0n) is 15.5. The molecule has 1 amide bonds. The molecule has 0 aliphatic heterocycles. The molecule has 0 spiro atoms. The summed E-state index contributed by atoms with van der Waals surface area (Å²) >= 11 is 3.44. The predicted octanol–water partition coefficient (Wildman–Crippen LogP) is 4.96. The van der Waals surface area contributed by atoms with E-state index in [1.165, 1.54) is 0 Å². The summed E-state index contributed by atoms with van der Waals surface area (Å²) in [6, 6.07) is 22.4. The van der Waals surface area contributed by atoms with Crippen LogP contribution < -0.4 is 10.1 Å². The van der Waals surface area contributed by atoms with E-state index in [0.717, 1.165) is 21.4 Å². The molecule has 0 saturated heterocycles. The number of halogens is 1. The summed E-state index contributed by atoms with van der Waals surface area (Å²) in [5.74, 6) is 0.487. The Morgan fingerprint density at radius 2 is 1.79 bits per heavy atom. The molecule has 1 heterocycles. The van der Waals surface area contributed by atoms with Crippen molar-refractivity contribution in [3.63, 3.8) is 0 Å². The number of carbonyl (C=O) groups is 1. The van der Waals surface area contributed by atoms with Crippen molar-refractivity contribution in [3.05, 3.63) is 89.0 Å². The van der Waals surface area contributed by atoms with E-state index in [4.69, 9.17) is 4.74 Å². The summed E-state index contributed by atoms with van der Waals surface area (Å²) in [5, 5.41) is 11.1. The highest BCUT2D eigenvalue weighted by Crippen LogP contribution is 2.24. The number of hydrogen-bond acceptors (Lipinski definition) is 4. The average molecular weight is 449 g/mol. The lowest BCUT2D eigenvalue weighted by molar-refractivity contribution is 0.102. The minimum absolute atomic E-state index is 0.198. The summed E-state index contributed by atoms with van der Waals surface area (Å²) < 4.78 is 7.93. The second-order valence-electron chi connectivity index (χ2n) is 6.27. The molecule has 6 nitrogen and oxygen atoms in total. The van der Waals surface area contributed by atoms with Gasteiger partial charge in [0, 0.05) is 27.4 Å². The van der Waals surface area contributed by atoms with Crippen LogP contribution in [0.4, 0.5) is 5.69 Å². The number of nitrogens with one attached hydrogen (secondary N) is 1. The summed E-state index contributed by atoms with van der Waals surface area (Å²) in [6.45, 7) is 0. The topological polar surface area (TPSA) is 69.0 Å². The molecule has 0 unspecified atom stereocenters. The molecule has 7 heteroatoms. The van der Waals surface area contributed by atoms with E-state index < -0.39 is 0 Å². The number of amides is 1. The maximum absolute atomic E-state index is 12.5. The van der Waals surface area contributed by atoms with Gasteiger partial charge in [-0.15, -0.1) is 5.10 Å². The van der Waals surface area contributed by atoms with Gasteiger partial charge in [0.2, 0.25) is 0 Å². The number of methoxy groups -OCH3 is 1. The van der Waals surface area contributed by atoms with E-state index >= 15 is 0 Å². The van der Waals surface area contributed by atoms with Crippen LogP contribution in [0.15, 0.2) is 83.5 Å². The van der Waals surface area contributed by atoms with Gasteiger partial charge in [-0.2, -0.15) is 0 Å². The van der Waals surface area contributed by atoms with Crippen molar-refractivity contribution < 1.29 is 9.53 Å². The van der Waals surface area contributed by atoms with Crippen molar-refractivity contribution in [2.75, 3.05) is 12.4 Å². The van der Waals surface area contributed by atoms with E-state index in [0.29, 0.717) is 17.0 Å². The minimum atomic E-state index is -0.198. The Hall–Kier alpha value is -3.45. The third kappa shape index (κ3) is 4.20. The van der Waals surface area contributed by atoms with Crippen molar-refractivity contribution in [1.82, 2.24) is 15.0 Å². The molecular formula is C22H17BrN4O2. The van der Waals surface area contributed by atoms with Crippen molar-refractivity contribution in [3.8, 4) is 22.7 Å². The number of anilines is 1. The van der Waals surface area contributed by atoms with Crippen molar-refractivity contribution in [2.45, 2.75) is 0 Å². The van der Waals surface area contributed by atoms with Gasteiger partial charge in [-0.25, -0.2) is 4.68 Å². The number of rotatable bonds is 5. The summed E-state index contributed by atoms with van der Waals surface area (Å²) in [4.78, 5) is 12.5. The average Bonchev–Trinajstić information content (AvgIpc) is 3.24. The summed E-state index contributed by atoms with van der Waals surface area (Å²) in [5.41, 5.74) is 3.90. The maximum atomic E-state index is 12.5. The number of nitrogens with zero attached hydrogens (tertiary/aromatic N) is 3. The van der Waals surface area contributed by atoms with Crippen LogP contribution in [0.25, 0.3) is 16.9 Å². The number of benzene rings is 3. The molecule has 144 valence electrons. The van der Waals surface area contributed by atoms with Gasteiger partial charge in [-0.1, -0.05) is 39.3 Å². The van der Waals surface area contributed by atoms with Gasteiger partial charge >= 0.3 is 0 Å². The normalized spacial score (nSPS) is 10.6. The molecule has 29 heavy (non-hydrogen) atoms. The lowest BCUT2D eigenvalue weighted by atomic mass is 10.1. The highest BCUT2D eigenvalue weighted by atomic mass is 79.9. The van der Waals surface area contributed by atoms with E-state index in [1.807, 2.05) is 54.6 Å². The lowest BCUT2D eigenvalue weighted by Crippen LogP contribution is -2.12.